The van der Waals surface area contributed by atoms with Gasteiger partial charge in [0.1, 0.15) is 5.58 Å². The Kier molecular flexibility index (Phi) is 2.16. The Morgan fingerprint density at radius 1 is 1.16 bits per heavy atom. The van der Waals surface area contributed by atoms with E-state index in [1.54, 1.807) is 0 Å². The van der Waals surface area contributed by atoms with Gasteiger partial charge in [-0.3, -0.25) is 0 Å². The molecule has 4 rings (SSSR count). The normalized spacial score (nSPS) is 17.6. The summed E-state index contributed by atoms with van der Waals surface area (Å²) in [4.78, 5) is 13.9. The van der Waals surface area contributed by atoms with Crippen LogP contribution in [0, 0.1) is 0 Å². The predicted molar refractivity (Wildman–Crippen MR) is 73.0 cm³/mol. The van der Waals surface area contributed by atoms with Crippen LogP contribution in [0.5, 0.6) is 5.75 Å². The monoisotopic (exact) mass is 257 g/mol. The van der Waals surface area contributed by atoms with Gasteiger partial charge in [0.2, 0.25) is 5.75 Å². The van der Waals surface area contributed by atoms with E-state index in [-0.39, 0.29) is 5.75 Å². The standard InChI is InChI=1S/C15H15NO3/c17-12-8-10-7-9-3-1-5-16-6-2-4-11(13(9)16)14(10)19-15(12)18/h7-8,17H,1-6H2. The number of nitrogens with zero attached hydrogens (tertiary/aromatic N) is 1. The van der Waals surface area contributed by atoms with Crippen molar-refractivity contribution < 1.29 is 9.52 Å². The maximum absolute atomic E-state index is 11.5. The van der Waals surface area contributed by atoms with Crippen LogP contribution in [0.1, 0.15) is 24.0 Å². The summed E-state index contributed by atoms with van der Waals surface area (Å²) in [6, 6.07) is 3.60. The SMILES string of the molecule is O=c1oc2c3c4c(cc2cc1O)CCCN4CCC3. The summed E-state index contributed by atoms with van der Waals surface area (Å²) in [5.41, 5.74) is 3.76. The minimum atomic E-state index is -0.642. The van der Waals surface area contributed by atoms with Gasteiger partial charge in [-0.15, -0.1) is 0 Å². The average molecular weight is 257 g/mol. The van der Waals surface area contributed by atoms with Gasteiger partial charge in [0.25, 0.3) is 0 Å². The summed E-state index contributed by atoms with van der Waals surface area (Å²) in [7, 11) is 0. The molecule has 0 saturated carbocycles. The summed E-state index contributed by atoms with van der Waals surface area (Å²) in [5.74, 6) is -0.303. The van der Waals surface area contributed by atoms with E-state index in [2.05, 4.69) is 11.0 Å². The zero-order chi connectivity index (χ0) is 13.0. The molecule has 0 bridgehead atoms. The molecule has 2 aliphatic rings. The van der Waals surface area contributed by atoms with Crippen molar-refractivity contribution >= 4 is 16.7 Å². The van der Waals surface area contributed by atoms with Crippen molar-refractivity contribution in [1.82, 2.24) is 0 Å². The van der Waals surface area contributed by atoms with Crippen molar-refractivity contribution in [1.29, 1.82) is 0 Å². The van der Waals surface area contributed by atoms with E-state index >= 15 is 0 Å². The molecule has 1 aromatic carbocycles. The first-order valence-electron chi connectivity index (χ1n) is 6.80. The van der Waals surface area contributed by atoms with E-state index in [0.29, 0.717) is 5.58 Å². The van der Waals surface area contributed by atoms with Gasteiger partial charge in [0, 0.05) is 29.7 Å². The first kappa shape index (κ1) is 10.9. The van der Waals surface area contributed by atoms with E-state index < -0.39 is 5.63 Å². The molecule has 4 nitrogen and oxygen atoms in total. The van der Waals surface area contributed by atoms with Gasteiger partial charge in [-0.2, -0.15) is 0 Å². The fraction of sp³-hybridized carbons (Fsp3) is 0.400. The molecule has 19 heavy (non-hydrogen) atoms. The molecule has 2 aliphatic heterocycles. The van der Waals surface area contributed by atoms with Crippen LogP contribution in [0.25, 0.3) is 11.0 Å². The fourth-order valence-corrected chi connectivity index (χ4v) is 3.44. The largest absolute Gasteiger partial charge is 0.502 e. The van der Waals surface area contributed by atoms with Crippen LogP contribution in [-0.4, -0.2) is 18.2 Å². The molecule has 98 valence electrons. The number of hydrogen-bond acceptors (Lipinski definition) is 4. The lowest BCUT2D eigenvalue weighted by Gasteiger charge is -2.37. The molecule has 0 atom stereocenters. The van der Waals surface area contributed by atoms with Crippen molar-refractivity contribution in [2.45, 2.75) is 25.7 Å². The van der Waals surface area contributed by atoms with Crippen molar-refractivity contribution in [3.63, 3.8) is 0 Å². The molecule has 2 aromatic rings. The third kappa shape index (κ3) is 1.49. The number of fused-ring (bicyclic) bond motifs is 2. The highest BCUT2D eigenvalue weighted by Gasteiger charge is 2.26. The highest BCUT2D eigenvalue weighted by atomic mass is 16.4. The van der Waals surface area contributed by atoms with Gasteiger partial charge in [0.05, 0.1) is 0 Å². The van der Waals surface area contributed by atoms with E-state index in [4.69, 9.17) is 4.42 Å². The van der Waals surface area contributed by atoms with Crippen molar-refractivity contribution in [2.75, 3.05) is 18.0 Å². The number of rotatable bonds is 0. The summed E-state index contributed by atoms with van der Waals surface area (Å²) < 4.78 is 5.33. The van der Waals surface area contributed by atoms with Crippen LogP contribution in [0.15, 0.2) is 21.3 Å². The molecular formula is C15H15NO3. The smallest absolute Gasteiger partial charge is 0.378 e. The molecule has 3 heterocycles. The average Bonchev–Trinajstić information content (AvgIpc) is 2.42. The Bertz CT molecular complexity index is 730. The van der Waals surface area contributed by atoms with E-state index in [0.717, 1.165) is 43.3 Å². The minimum Gasteiger partial charge on any atom is -0.502 e. The molecule has 0 aliphatic carbocycles. The maximum Gasteiger partial charge on any atom is 0.378 e. The number of aryl methyl sites for hydroxylation is 2. The first-order valence-corrected chi connectivity index (χ1v) is 6.80. The highest BCUT2D eigenvalue weighted by molar-refractivity contribution is 5.89. The summed E-state index contributed by atoms with van der Waals surface area (Å²) >= 11 is 0. The van der Waals surface area contributed by atoms with Gasteiger partial charge in [0.15, 0.2) is 0 Å². The number of anilines is 1. The maximum atomic E-state index is 11.5. The highest BCUT2D eigenvalue weighted by Crippen LogP contribution is 2.39. The van der Waals surface area contributed by atoms with Crippen LogP contribution in [0.4, 0.5) is 5.69 Å². The molecule has 1 aromatic heterocycles. The van der Waals surface area contributed by atoms with Crippen molar-refractivity contribution in [3.05, 3.63) is 33.7 Å². The second-order valence-corrected chi connectivity index (χ2v) is 5.39. The summed E-state index contributed by atoms with van der Waals surface area (Å²) in [6.07, 6.45) is 4.27. The Hall–Kier alpha value is -1.97. The van der Waals surface area contributed by atoms with Crippen LogP contribution in [0.2, 0.25) is 0 Å². The van der Waals surface area contributed by atoms with Crippen LogP contribution < -0.4 is 10.5 Å². The summed E-state index contributed by atoms with van der Waals surface area (Å²) in [6.45, 7) is 2.18. The van der Waals surface area contributed by atoms with Gasteiger partial charge in [-0.25, -0.2) is 4.79 Å². The van der Waals surface area contributed by atoms with Gasteiger partial charge < -0.3 is 14.4 Å². The predicted octanol–water partition coefficient (Wildman–Crippen LogP) is 2.20. The lowest BCUT2D eigenvalue weighted by molar-refractivity contribution is 0.427. The van der Waals surface area contributed by atoms with Crippen LogP contribution in [0.3, 0.4) is 0 Å². The Labute approximate surface area is 110 Å². The van der Waals surface area contributed by atoms with Gasteiger partial charge in [-0.1, -0.05) is 0 Å². The Balaban J connectivity index is 2.12. The third-order valence-electron chi connectivity index (χ3n) is 4.20. The Morgan fingerprint density at radius 3 is 2.79 bits per heavy atom. The van der Waals surface area contributed by atoms with Crippen molar-refractivity contribution in [2.24, 2.45) is 0 Å². The van der Waals surface area contributed by atoms with E-state index in [9.17, 15) is 9.90 Å². The molecule has 0 fully saturated rings. The topological polar surface area (TPSA) is 53.7 Å². The third-order valence-corrected chi connectivity index (χ3v) is 4.20. The quantitative estimate of drug-likeness (QED) is 0.735. The molecule has 0 unspecified atom stereocenters. The van der Waals surface area contributed by atoms with Gasteiger partial charge in [-0.05, 0) is 43.4 Å². The molecular weight excluding hydrogens is 242 g/mol. The fourth-order valence-electron chi connectivity index (χ4n) is 3.44. The second-order valence-electron chi connectivity index (χ2n) is 5.39. The lowest BCUT2D eigenvalue weighted by Crippen LogP contribution is -2.34. The van der Waals surface area contributed by atoms with Crippen LogP contribution >= 0.6 is 0 Å². The zero-order valence-electron chi connectivity index (χ0n) is 10.6. The first-order chi connectivity index (χ1) is 9.24. The molecule has 0 radical (unpaired) electrons. The number of benzene rings is 1. The lowest BCUT2D eigenvalue weighted by atomic mass is 9.90. The molecule has 0 saturated heterocycles. The second kappa shape index (κ2) is 3.76. The minimum absolute atomic E-state index is 0.303. The van der Waals surface area contributed by atoms with Crippen molar-refractivity contribution in [3.8, 4) is 5.75 Å². The summed E-state index contributed by atoms with van der Waals surface area (Å²) in [5, 5.41) is 10.4. The van der Waals surface area contributed by atoms with Gasteiger partial charge >= 0.3 is 5.63 Å². The molecule has 4 heteroatoms. The van der Waals surface area contributed by atoms with E-state index in [1.807, 2.05) is 0 Å². The Morgan fingerprint density at radius 2 is 1.95 bits per heavy atom. The van der Waals surface area contributed by atoms with E-state index in [1.165, 1.54) is 23.7 Å². The zero-order valence-corrected chi connectivity index (χ0v) is 10.6. The molecule has 1 N–H and O–H groups in total. The molecule has 0 spiro atoms. The number of aromatic hydroxyl groups is 1. The number of hydrogen-bond donors (Lipinski definition) is 1. The molecule has 0 amide bonds. The van der Waals surface area contributed by atoms with Crippen LogP contribution in [-0.2, 0) is 12.8 Å².